The molecule has 0 atom stereocenters. The van der Waals surface area contributed by atoms with E-state index in [1.54, 1.807) is 23.1 Å². The molecular formula is C22H21N3O2S. The van der Waals surface area contributed by atoms with Crippen molar-refractivity contribution in [2.75, 3.05) is 7.11 Å². The highest BCUT2D eigenvalue weighted by atomic mass is 32.1. The minimum atomic E-state index is -0.0285. The van der Waals surface area contributed by atoms with Crippen molar-refractivity contribution < 1.29 is 4.74 Å². The van der Waals surface area contributed by atoms with Gasteiger partial charge in [-0.2, -0.15) is 0 Å². The Hall–Kier alpha value is -3.12. The second-order valence-electron chi connectivity index (χ2n) is 6.60. The zero-order valence-electron chi connectivity index (χ0n) is 16.3. The van der Waals surface area contributed by atoms with Gasteiger partial charge in [0.1, 0.15) is 10.8 Å². The summed E-state index contributed by atoms with van der Waals surface area (Å²) in [6, 6.07) is 17.5. The van der Waals surface area contributed by atoms with Crippen LogP contribution in [0.15, 0.2) is 59.4 Å². The van der Waals surface area contributed by atoms with Crippen molar-refractivity contribution in [2.45, 2.75) is 13.8 Å². The normalized spacial score (nSPS) is 11.0. The third-order valence-corrected chi connectivity index (χ3v) is 6.14. The van der Waals surface area contributed by atoms with Crippen LogP contribution in [0.1, 0.15) is 11.4 Å². The Balaban J connectivity index is 1.84. The van der Waals surface area contributed by atoms with Gasteiger partial charge in [-0.25, -0.2) is 9.67 Å². The van der Waals surface area contributed by atoms with E-state index in [-0.39, 0.29) is 5.56 Å². The fourth-order valence-corrected chi connectivity index (χ4v) is 4.48. The minimum absolute atomic E-state index is 0.0285. The number of benzene rings is 2. The first-order valence-electron chi connectivity index (χ1n) is 8.97. The van der Waals surface area contributed by atoms with Crippen LogP contribution < -0.4 is 10.3 Å². The first kappa shape index (κ1) is 18.3. The standard InChI is InChI=1S/C22H21N3O2S/c1-14-20(28-21(23-14)16-10-12-18(27-4)13-11-16)19-15(2)24(3)25(22(19)26)17-8-6-5-7-9-17/h5-13H,1-4H3. The lowest BCUT2D eigenvalue weighted by molar-refractivity contribution is 0.415. The number of aromatic nitrogens is 3. The number of para-hydroxylation sites is 1. The molecule has 0 bridgehead atoms. The number of ether oxygens (including phenoxy) is 1. The Labute approximate surface area is 167 Å². The molecule has 0 aliphatic heterocycles. The van der Waals surface area contributed by atoms with E-state index in [1.165, 1.54) is 0 Å². The summed E-state index contributed by atoms with van der Waals surface area (Å²) < 4.78 is 8.84. The average molecular weight is 391 g/mol. The average Bonchev–Trinajstić information content (AvgIpc) is 3.19. The smallest absolute Gasteiger partial charge is 0.280 e. The van der Waals surface area contributed by atoms with Gasteiger partial charge in [-0.3, -0.25) is 9.48 Å². The Morgan fingerprint density at radius 2 is 1.68 bits per heavy atom. The molecule has 0 aliphatic rings. The molecule has 0 amide bonds. The summed E-state index contributed by atoms with van der Waals surface area (Å²) >= 11 is 1.55. The Morgan fingerprint density at radius 3 is 2.32 bits per heavy atom. The van der Waals surface area contributed by atoms with Gasteiger partial charge in [0.25, 0.3) is 5.56 Å². The fourth-order valence-electron chi connectivity index (χ4n) is 3.32. The number of methoxy groups -OCH3 is 1. The summed E-state index contributed by atoms with van der Waals surface area (Å²) in [6.45, 7) is 3.93. The molecule has 0 aliphatic carbocycles. The van der Waals surface area contributed by atoms with Crippen molar-refractivity contribution in [1.29, 1.82) is 0 Å². The second kappa shape index (κ2) is 7.13. The van der Waals surface area contributed by atoms with E-state index in [4.69, 9.17) is 9.72 Å². The van der Waals surface area contributed by atoms with Crippen molar-refractivity contribution in [3.05, 3.63) is 76.3 Å². The number of aryl methyl sites for hydroxylation is 1. The SMILES string of the molecule is COc1ccc(-c2nc(C)c(-c3c(C)n(C)n(-c4ccccc4)c3=O)s2)cc1. The molecule has 5 nitrogen and oxygen atoms in total. The van der Waals surface area contributed by atoms with Crippen LogP contribution in [0.25, 0.3) is 26.7 Å². The lowest BCUT2D eigenvalue weighted by atomic mass is 10.2. The van der Waals surface area contributed by atoms with Crippen molar-refractivity contribution in [2.24, 2.45) is 7.05 Å². The molecule has 6 heteroatoms. The highest BCUT2D eigenvalue weighted by Gasteiger charge is 2.22. The summed E-state index contributed by atoms with van der Waals surface area (Å²) in [6.07, 6.45) is 0. The van der Waals surface area contributed by atoms with Crippen LogP contribution in [-0.4, -0.2) is 21.5 Å². The molecule has 0 spiro atoms. The summed E-state index contributed by atoms with van der Waals surface area (Å²) in [4.78, 5) is 18.9. The van der Waals surface area contributed by atoms with E-state index in [9.17, 15) is 4.79 Å². The minimum Gasteiger partial charge on any atom is -0.497 e. The Kier molecular flexibility index (Phi) is 4.65. The quantitative estimate of drug-likeness (QED) is 0.511. The van der Waals surface area contributed by atoms with Gasteiger partial charge in [0, 0.05) is 18.3 Å². The molecule has 0 fully saturated rings. The van der Waals surface area contributed by atoms with Crippen LogP contribution in [0.3, 0.4) is 0 Å². The number of hydrogen-bond donors (Lipinski definition) is 0. The maximum absolute atomic E-state index is 13.3. The molecule has 2 heterocycles. The van der Waals surface area contributed by atoms with Crippen LogP contribution in [0.2, 0.25) is 0 Å². The van der Waals surface area contributed by atoms with Crippen molar-refractivity contribution in [3.8, 4) is 32.4 Å². The van der Waals surface area contributed by atoms with E-state index < -0.39 is 0 Å². The number of nitrogens with zero attached hydrogens (tertiary/aromatic N) is 3. The van der Waals surface area contributed by atoms with E-state index in [0.717, 1.165) is 38.3 Å². The molecule has 0 unspecified atom stereocenters. The molecule has 2 aromatic carbocycles. The van der Waals surface area contributed by atoms with E-state index >= 15 is 0 Å². The lowest BCUT2D eigenvalue weighted by Gasteiger charge is -2.07. The molecule has 4 rings (SSSR count). The van der Waals surface area contributed by atoms with Crippen LogP contribution in [0.5, 0.6) is 5.75 Å². The summed E-state index contributed by atoms with van der Waals surface area (Å²) in [7, 11) is 3.56. The van der Waals surface area contributed by atoms with Gasteiger partial charge in [0.15, 0.2) is 0 Å². The molecule has 0 saturated heterocycles. The lowest BCUT2D eigenvalue weighted by Crippen LogP contribution is -2.20. The van der Waals surface area contributed by atoms with Crippen molar-refractivity contribution in [3.63, 3.8) is 0 Å². The third kappa shape index (κ3) is 2.96. The largest absolute Gasteiger partial charge is 0.497 e. The second-order valence-corrected chi connectivity index (χ2v) is 7.60. The zero-order chi connectivity index (χ0) is 19.8. The fraction of sp³-hybridized carbons (Fsp3) is 0.182. The first-order valence-corrected chi connectivity index (χ1v) is 9.79. The summed E-state index contributed by atoms with van der Waals surface area (Å²) in [5.41, 5.74) is 4.32. The van der Waals surface area contributed by atoms with E-state index in [1.807, 2.05) is 80.2 Å². The van der Waals surface area contributed by atoms with Gasteiger partial charge in [-0.1, -0.05) is 18.2 Å². The number of hydrogen-bond acceptors (Lipinski definition) is 4. The van der Waals surface area contributed by atoms with Gasteiger partial charge in [0.2, 0.25) is 0 Å². The van der Waals surface area contributed by atoms with Crippen molar-refractivity contribution in [1.82, 2.24) is 14.3 Å². The van der Waals surface area contributed by atoms with Crippen molar-refractivity contribution >= 4 is 11.3 Å². The molecule has 28 heavy (non-hydrogen) atoms. The van der Waals surface area contributed by atoms with Gasteiger partial charge in [0.05, 0.1) is 28.9 Å². The molecule has 2 aromatic heterocycles. The molecular weight excluding hydrogens is 370 g/mol. The van der Waals surface area contributed by atoms with Gasteiger partial charge in [-0.05, 0) is 50.2 Å². The van der Waals surface area contributed by atoms with E-state index in [0.29, 0.717) is 5.56 Å². The molecule has 0 saturated carbocycles. The number of thiazole rings is 1. The predicted octanol–water partition coefficient (Wildman–Crippen LogP) is 4.59. The summed E-state index contributed by atoms with van der Waals surface area (Å²) in [5, 5.41) is 0.893. The molecule has 0 radical (unpaired) electrons. The topological polar surface area (TPSA) is 49.0 Å². The van der Waals surface area contributed by atoms with Crippen LogP contribution in [0.4, 0.5) is 0 Å². The first-order chi connectivity index (χ1) is 13.5. The Bertz CT molecular complexity index is 1190. The summed E-state index contributed by atoms with van der Waals surface area (Å²) in [5.74, 6) is 0.807. The Morgan fingerprint density at radius 1 is 1.00 bits per heavy atom. The highest BCUT2D eigenvalue weighted by molar-refractivity contribution is 7.18. The van der Waals surface area contributed by atoms with E-state index in [2.05, 4.69) is 0 Å². The monoisotopic (exact) mass is 391 g/mol. The maximum Gasteiger partial charge on any atom is 0.280 e. The predicted molar refractivity (Wildman–Crippen MR) is 114 cm³/mol. The maximum atomic E-state index is 13.3. The van der Waals surface area contributed by atoms with Crippen LogP contribution in [0, 0.1) is 13.8 Å². The van der Waals surface area contributed by atoms with Gasteiger partial charge >= 0.3 is 0 Å². The van der Waals surface area contributed by atoms with Gasteiger partial charge < -0.3 is 4.74 Å². The highest BCUT2D eigenvalue weighted by Crippen LogP contribution is 2.36. The van der Waals surface area contributed by atoms with Crippen LogP contribution >= 0.6 is 11.3 Å². The molecule has 0 N–H and O–H groups in total. The number of rotatable bonds is 4. The van der Waals surface area contributed by atoms with Gasteiger partial charge in [-0.15, -0.1) is 11.3 Å². The molecule has 4 aromatic rings. The van der Waals surface area contributed by atoms with Crippen LogP contribution in [-0.2, 0) is 7.05 Å². The third-order valence-electron chi connectivity index (χ3n) is 4.91. The molecule has 142 valence electrons. The zero-order valence-corrected chi connectivity index (χ0v) is 17.1.